The van der Waals surface area contributed by atoms with Crippen LogP contribution in [0.2, 0.25) is 0 Å². The van der Waals surface area contributed by atoms with Crippen molar-refractivity contribution in [3.05, 3.63) is 65.2 Å². The van der Waals surface area contributed by atoms with Crippen molar-refractivity contribution in [1.29, 1.82) is 0 Å². The van der Waals surface area contributed by atoms with Gasteiger partial charge in [0.1, 0.15) is 6.04 Å². The van der Waals surface area contributed by atoms with Crippen molar-refractivity contribution < 1.29 is 19.2 Å². The van der Waals surface area contributed by atoms with E-state index in [4.69, 9.17) is 0 Å². The van der Waals surface area contributed by atoms with Gasteiger partial charge in [-0.1, -0.05) is 52.0 Å². The third kappa shape index (κ3) is 4.00. The van der Waals surface area contributed by atoms with Crippen molar-refractivity contribution in [2.24, 2.45) is 10.8 Å². The Morgan fingerprint density at radius 3 is 2.22 bits per heavy atom. The summed E-state index contributed by atoms with van der Waals surface area (Å²) in [6.45, 7) is 9.26. The van der Waals surface area contributed by atoms with Gasteiger partial charge in [-0.05, 0) is 60.8 Å². The van der Waals surface area contributed by atoms with E-state index >= 15 is 0 Å². The highest BCUT2D eigenvalue weighted by molar-refractivity contribution is 6.23. The lowest BCUT2D eigenvalue weighted by Crippen LogP contribution is -2.47. The van der Waals surface area contributed by atoms with Gasteiger partial charge in [-0.15, -0.1) is 0 Å². The predicted molar refractivity (Wildman–Crippen MR) is 137 cm³/mol. The highest BCUT2D eigenvalue weighted by Gasteiger charge is 2.51. The third-order valence-electron chi connectivity index (χ3n) is 7.92. The van der Waals surface area contributed by atoms with Gasteiger partial charge in [0.2, 0.25) is 5.91 Å². The maximum atomic E-state index is 13.7. The molecule has 4 amide bonds. The molecule has 0 aromatic heterocycles. The molecule has 36 heavy (non-hydrogen) atoms. The average Bonchev–Trinajstić information content (AvgIpc) is 3.23. The van der Waals surface area contributed by atoms with E-state index in [1.807, 2.05) is 4.90 Å². The summed E-state index contributed by atoms with van der Waals surface area (Å²) in [7, 11) is 0. The number of rotatable bonds is 5. The maximum Gasteiger partial charge on any atom is 0.262 e. The minimum absolute atomic E-state index is 0.0916. The second kappa shape index (κ2) is 8.57. The number of amides is 4. The number of hydrogen-bond acceptors (Lipinski definition) is 4. The van der Waals surface area contributed by atoms with Gasteiger partial charge in [0.25, 0.3) is 17.7 Å². The molecule has 1 aliphatic carbocycles. The van der Waals surface area contributed by atoms with E-state index in [0.717, 1.165) is 24.2 Å². The van der Waals surface area contributed by atoms with E-state index in [1.165, 1.54) is 0 Å². The predicted octanol–water partition coefficient (Wildman–Crippen LogP) is 4.74. The molecule has 2 aromatic carbocycles. The molecule has 0 radical (unpaired) electrons. The molecule has 1 saturated heterocycles. The van der Waals surface area contributed by atoms with Gasteiger partial charge in [0, 0.05) is 12.6 Å². The lowest BCUT2D eigenvalue weighted by Gasteiger charge is -2.39. The fraction of sp³-hybridized carbons (Fsp3) is 0.448. The number of nitrogens with zero attached hydrogens (tertiary/aromatic N) is 2. The molecular weight excluding hydrogens is 454 g/mol. The van der Waals surface area contributed by atoms with Crippen LogP contribution >= 0.6 is 0 Å². The number of benzene rings is 2. The number of carbonyl (C=O) groups excluding carboxylic acids is 4. The fourth-order valence-electron chi connectivity index (χ4n) is 6.82. The van der Waals surface area contributed by atoms with Gasteiger partial charge in [-0.2, -0.15) is 0 Å². The molecule has 1 saturated carbocycles. The summed E-state index contributed by atoms with van der Waals surface area (Å²) in [5, 5.41) is 2.86. The fourth-order valence-corrected chi connectivity index (χ4v) is 6.82. The Bertz CT molecular complexity index is 1230. The molecule has 2 aliphatic heterocycles. The van der Waals surface area contributed by atoms with Gasteiger partial charge in [-0.3, -0.25) is 24.1 Å². The molecule has 0 unspecified atom stereocenters. The van der Waals surface area contributed by atoms with E-state index in [1.54, 1.807) is 55.5 Å². The zero-order valence-corrected chi connectivity index (χ0v) is 21.3. The van der Waals surface area contributed by atoms with Crippen LogP contribution in [0, 0.1) is 10.8 Å². The summed E-state index contributed by atoms with van der Waals surface area (Å²) in [5.74, 6) is -1.52. The van der Waals surface area contributed by atoms with Crippen LogP contribution in [0.25, 0.3) is 0 Å². The minimum Gasteiger partial charge on any atom is -0.335 e. The van der Waals surface area contributed by atoms with E-state index in [0.29, 0.717) is 28.9 Å². The summed E-state index contributed by atoms with van der Waals surface area (Å²) in [4.78, 5) is 56.1. The Morgan fingerprint density at radius 1 is 0.972 bits per heavy atom. The van der Waals surface area contributed by atoms with Crippen molar-refractivity contribution in [1.82, 2.24) is 9.80 Å². The molecule has 188 valence electrons. The largest absolute Gasteiger partial charge is 0.335 e. The summed E-state index contributed by atoms with van der Waals surface area (Å²) < 4.78 is 0. The summed E-state index contributed by atoms with van der Waals surface area (Å²) >= 11 is 0. The normalized spacial score (nSPS) is 25.1. The van der Waals surface area contributed by atoms with Crippen molar-refractivity contribution in [2.45, 2.75) is 65.5 Å². The van der Waals surface area contributed by atoms with Gasteiger partial charge < -0.3 is 10.2 Å². The number of anilines is 1. The lowest BCUT2D eigenvalue weighted by atomic mass is 9.65. The highest BCUT2D eigenvalue weighted by Crippen LogP contribution is 2.52. The molecule has 2 heterocycles. The van der Waals surface area contributed by atoms with Crippen molar-refractivity contribution in [2.75, 3.05) is 11.9 Å². The second-order valence-electron chi connectivity index (χ2n) is 11.6. The molecule has 7 heteroatoms. The van der Waals surface area contributed by atoms with Crippen LogP contribution < -0.4 is 5.32 Å². The zero-order chi connectivity index (χ0) is 25.8. The Morgan fingerprint density at radius 2 is 1.58 bits per heavy atom. The number of likely N-dealkylation sites (tertiary alicyclic amines) is 1. The molecule has 1 N–H and O–H groups in total. The number of hydrogen-bond donors (Lipinski definition) is 1. The smallest absolute Gasteiger partial charge is 0.262 e. The van der Waals surface area contributed by atoms with Crippen molar-refractivity contribution in [3.8, 4) is 0 Å². The molecule has 2 bridgehead atoms. The van der Waals surface area contributed by atoms with Crippen LogP contribution in [0.5, 0.6) is 0 Å². The van der Waals surface area contributed by atoms with E-state index in [9.17, 15) is 19.2 Å². The first-order valence-electron chi connectivity index (χ1n) is 12.7. The quantitative estimate of drug-likeness (QED) is 0.617. The second-order valence-corrected chi connectivity index (χ2v) is 11.6. The number of para-hydroxylation sites is 1. The minimum atomic E-state index is -0.980. The summed E-state index contributed by atoms with van der Waals surface area (Å²) in [6.07, 6.45) is 3.29. The number of fused-ring (bicyclic) bond motifs is 3. The molecule has 0 spiro atoms. The van der Waals surface area contributed by atoms with Crippen LogP contribution in [0.4, 0.5) is 5.69 Å². The van der Waals surface area contributed by atoms with Gasteiger partial charge >= 0.3 is 0 Å². The summed E-state index contributed by atoms with van der Waals surface area (Å²) in [5.41, 5.74) is 1.72. The Hall–Kier alpha value is -3.48. The van der Waals surface area contributed by atoms with Crippen molar-refractivity contribution >= 4 is 29.3 Å². The van der Waals surface area contributed by atoms with Gasteiger partial charge in [-0.25, -0.2) is 0 Å². The van der Waals surface area contributed by atoms with Crippen LogP contribution in [-0.4, -0.2) is 52.1 Å². The van der Waals surface area contributed by atoms with Crippen LogP contribution in [0.1, 0.15) is 84.5 Å². The zero-order valence-electron chi connectivity index (χ0n) is 21.3. The van der Waals surface area contributed by atoms with Crippen molar-refractivity contribution in [3.63, 3.8) is 0 Å². The standard InChI is InChI=1S/C29H33N3O4/c1-5-23(32-26(35)19-10-6-7-11-20(19)27(32)36)24(33)30-22-13-9-8-12-21(22)25(34)31-17-29(4)15-18(31)14-28(2,3)16-29/h6-13,18,23H,5,14-17H2,1-4H3,(H,30,33)/t18-,23-,29+/m1/s1. The number of imide groups is 1. The van der Waals surface area contributed by atoms with Gasteiger partial charge in [0.15, 0.2) is 0 Å². The SMILES string of the molecule is CC[C@H](C(=O)Nc1ccccc1C(=O)N1C[C@@]2(C)C[C@H]1CC(C)(C)C2)N1C(=O)c2ccccc2C1=O. The first kappa shape index (κ1) is 24.2. The summed E-state index contributed by atoms with van der Waals surface area (Å²) in [6, 6.07) is 12.8. The Labute approximate surface area is 211 Å². The topological polar surface area (TPSA) is 86.8 Å². The molecule has 5 rings (SSSR count). The first-order valence-corrected chi connectivity index (χ1v) is 12.7. The van der Waals surface area contributed by atoms with Crippen LogP contribution in [0.15, 0.2) is 48.5 Å². The highest BCUT2D eigenvalue weighted by atomic mass is 16.2. The van der Waals surface area contributed by atoms with Crippen LogP contribution in [-0.2, 0) is 4.79 Å². The Balaban J connectivity index is 1.38. The van der Waals surface area contributed by atoms with E-state index in [2.05, 4.69) is 26.1 Å². The van der Waals surface area contributed by atoms with Gasteiger partial charge in [0.05, 0.1) is 22.4 Å². The maximum absolute atomic E-state index is 13.7. The lowest BCUT2D eigenvalue weighted by molar-refractivity contribution is -0.120. The van der Waals surface area contributed by atoms with Crippen LogP contribution in [0.3, 0.4) is 0 Å². The Kier molecular flexibility index (Phi) is 5.77. The monoisotopic (exact) mass is 487 g/mol. The third-order valence-corrected chi connectivity index (χ3v) is 7.92. The number of carbonyl (C=O) groups is 4. The average molecular weight is 488 g/mol. The van der Waals surface area contributed by atoms with E-state index < -0.39 is 23.8 Å². The molecule has 3 atom stereocenters. The molecule has 2 aromatic rings. The number of nitrogens with one attached hydrogen (secondary N) is 1. The van der Waals surface area contributed by atoms with E-state index in [-0.39, 0.29) is 29.2 Å². The first-order chi connectivity index (χ1) is 17.0. The molecule has 3 aliphatic rings. The molecule has 7 nitrogen and oxygen atoms in total. The molecular formula is C29H33N3O4. The molecule has 2 fully saturated rings.